The van der Waals surface area contributed by atoms with Crippen molar-refractivity contribution in [1.82, 2.24) is 5.32 Å². The van der Waals surface area contributed by atoms with Gasteiger partial charge in [-0.25, -0.2) is 8.42 Å². The fraction of sp³-hybridized carbons (Fsp3) is 0.778. The lowest BCUT2D eigenvalue weighted by atomic mass is 10.1. The molecule has 0 rings (SSSR count). The molecule has 78 valence electrons. The lowest BCUT2D eigenvalue weighted by molar-refractivity contribution is 0.513. The summed E-state index contributed by atoms with van der Waals surface area (Å²) in [7, 11) is -2.83. The minimum atomic E-state index is -2.83. The monoisotopic (exact) mass is 205 g/mol. The first-order valence-corrected chi connectivity index (χ1v) is 6.57. The number of sulfone groups is 1. The van der Waals surface area contributed by atoms with Crippen LogP contribution in [0.15, 0.2) is 12.7 Å². The SMILES string of the molecule is C=CCC(CCS(C)(=O)=O)NCC. The van der Waals surface area contributed by atoms with Crippen molar-refractivity contribution in [3.8, 4) is 0 Å². The number of hydrogen-bond acceptors (Lipinski definition) is 3. The smallest absolute Gasteiger partial charge is 0.147 e. The van der Waals surface area contributed by atoms with Crippen molar-refractivity contribution in [2.45, 2.75) is 25.8 Å². The summed E-state index contributed by atoms with van der Waals surface area (Å²) < 4.78 is 21.8. The third-order valence-corrected chi connectivity index (χ3v) is 2.76. The molecule has 0 radical (unpaired) electrons. The van der Waals surface area contributed by atoms with Gasteiger partial charge in [0.05, 0.1) is 5.75 Å². The van der Waals surface area contributed by atoms with Crippen LogP contribution in [0.2, 0.25) is 0 Å². The highest BCUT2D eigenvalue weighted by atomic mass is 32.2. The first-order chi connectivity index (χ1) is 5.99. The van der Waals surface area contributed by atoms with Gasteiger partial charge in [0.15, 0.2) is 0 Å². The molecule has 1 unspecified atom stereocenters. The third kappa shape index (κ3) is 7.99. The van der Waals surface area contributed by atoms with E-state index in [2.05, 4.69) is 11.9 Å². The Labute approximate surface area is 81.1 Å². The summed E-state index contributed by atoms with van der Waals surface area (Å²) in [6.07, 6.45) is 4.57. The lowest BCUT2D eigenvalue weighted by Gasteiger charge is -2.14. The average Bonchev–Trinajstić information content (AvgIpc) is 2.00. The van der Waals surface area contributed by atoms with Crippen molar-refractivity contribution in [3.63, 3.8) is 0 Å². The minimum Gasteiger partial charge on any atom is -0.314 e. The van der Waals surface area contributed by atoms with Crippen LogP contribution in [-0.2, 0) is 9.84 Å². The van der Waals surface area contributed by atoms with Gasteiger partial charge in [-0.3, -0.25) is 0 Å². The maximum Gasteiger partial charge on any atom is 0.147 e. The van der Waals surface area contributed by atoms with Crippen LogP contribution in [0.25, 0.3) is 0 Å². The summed E-state index contributed by atoms with van der Waals surface area (Å²) in [5, 5.41) is 3.22. The largest absolute Gasteiger partial charge is 0.314 e. The average molecular weight is 205 g/mol. The molecule has 0 aromatic heterocycles. The van der Waals surface area contributed by atoms with E-state index >= 15 is 0 Å². The first kappa shape index (κ1) is 12.7. The molecule has 4 heteroatoms. The molecule has 0 aromatic rings. The van der Waals surface area contributed by atoms with E-state index in [9.17, 15) is 8.42 Å². The van der Waals surface area contributed by atoms with E-state index in [-0.39, 0.29) is 11.8 Å². The molecule has 0 aliphatic carbocycles. The van der Waals surface area contributed by atoms with Gasteiger partial charge in [-0.05, 0) is 19.4 Å². The van der Waals surface area contributed by atoms with Crippen molar-refractivity contribution < 1.29 is 8.42 Å². The van der Waals surface area contributed by atoms with Crippen molar-refractivity contribution in [1.29, 1.82) is 0 Å². The highest BCUT2D eigenvalue weighted by Crippen LogP contribution is 2.01. The molecule has 0 aliphatic heterocycles. The second-order valence-corrected chi connectivity index (χ2v) is 5.46. The van der Waals surface area contributed by atoms with Crippen LogP contribution in [-0.4, -0.2) is 33.0 Å². The van der Waals surface area contributed by atoms with E-state index < -0.39 is 9.84 Å². The summed E-state index contributed by atoms with van der Waals surface area (Å²) in [6.45, 7) is 6.51. The predicted octanol–water partition coefficient (Wildman–Crippen LogP) is 0.975. The molecule has 0 amide bonds. The maximum atomic E-state index is 10.9. The van der Waals surface area contributed by atoms with Crippen molar-refractivity contribution in [2.24, 2.45) is 0 Å². The van der Waals surface area contributed by atoms with Gasteiger partial charge in [0, 0.05) is 12.3 Å². The van der Waals surface area contributed by atoms with Crippen LogP contribution < -0.4 is 5.32 Å². The summed E-state index contributed by atoms with van der Waals surface area (Å²) >= 11 is 0. The maximum absolute atomic E-state index is 10.9. The normalized spacial score (nSPS) is 14.0. The molecular formula is C9H19NO2S. The molecule has 1 N–H and O–H groups in total. The Morgan fingerprint density at radius 2 is 2.15 bits per heavy atom. The lowest BCUT2D eigenvalue weighted by Crippen LogP contribution is -2.30. The zero-order chi connectivity index (χ0) is 10.3. The molecule has 0 aromatic carbocycles. The fourth-order valence-corrected chi connectivity index (χ4v) is 1.86. The van der Waals surface area contributed by atoms with E-state index in [1.54, 1.807) is 0 Å². The summed E-state index contributed by atoms with van der Waals surface area (Å²) in [5.41, 5.74) is 0. The molecule has 0 aliphatic rings. The summed E-state index contributed by atoms with van der Waals surface area (Å²) in [4.78, 5) is 0. The quantitative estimate of drug-likeness (QED) is 0.630. The Kier molecular flexibility index (Phi) is 5.99. The molecular weight excluding hydrogens is 186 g/mol. The Morgan fingerprint density at radius 3 is 2.54 bits per heavy atom. The Balaban J connectivity index is 3.88. The second kappa shape index (κ2) is 6.16. The molecule has 0 spiro atoms. The zero-order valence-electron chi connectivity index (χ0n) is 8.41. The minimum absolute atomic E-state index is 0.247. The number of nitrogens with one attached hydrogen (secondary N) is 1. The summed E-state index contributed by atoms with van der Waals surface area (Å²) in [6, 6.07) is 0.247. The van der Waals surface area contributed by atoms with Crippen LogP contribution in [0, 0.1) is 0 Å². The van der Waals surface area contributed by atoms with E-state index in [0.29, 0.717) is 6.42 Å². The van der Waals surface area contributed by atoms with Gasteiger partial charge in [-0.1, -0.05) is 13.0 Å². The van der Waals surface area contributed by atoms with Crippen LogP contribution in [0.5, 0.6) is 0 Å². The number of rotatable bonds is 7. The van der Waals surface area contributed by atoms with E-state index in [1.807, 2.05) is 13.0 Å². The van der Waals surface area contributed by atoms with Crippen LogP contribution in [0.3, 0.4) is 0 Å². The van der Waals surface area contributed by atoms with Crippen molar-refractivity contribution >= 4 is 9.84 Å². The van der Waals surface area contributed by atoms with Gasteiger partial charge >= 0.3 is 0 Å². The Bertz CT molecular complexity index is 234. The van der Waals surface area contributed by atoms with Gasteiger partial charge in [0.2, 0.25) is 0 Å². The van der Waals surface area contributed by atoms with Gasteiger partial charge < -0.3 is 5.32 Å². The molecule has 0 saturated carbocycles. The Hall–Kier alpha value is -0.350. The van der Waals surface area contributed by atoms with E-state index in [0.717, 1.165) is 13.0 Å². The third-order valence-electron chi connectivity index (χ3n) is 1.78. The molecule has 3 nitrogen and oxygen atoms in total. The van der Waals surface area contributed by atoms with E-state index in [1.165, 1.54) is 6.26 Å². The van der Waals surface area contributed by atoms with Gasteiger partial charge in [0.1, 0.15) is 9.84 Å². The van der Waals surface area contributed by atoms with Gasteiger partial charge in [0.25, 0.3) is 0 Å². The molecule has 1 atom stereocenters. The van der Waals surface area contributed by atoms with Crippen LogP contribution in [0.1, 0.15) is 19.8 Å². The summed E-state index contributed by atoms with van der Waals surface area (Å²) in [5.74, 6) is 0.249. The molecule has 0 fully saturated rings. The highest BCUT2D eigenvalue weighted by molar-refractivity contribution is 7.90. The van der Waals surface area contributed by atoms with Crippen LogP contribution >= 0.6 is 0 Å². The molecule has 0 heterocycles. The Morgan fingerprint density at radius 1 is 1.54 bits per heavy atom. The molecule has 13 heavy (non-hydrogen) atoms. The van der Waals surface area contributed by atoms with Crippen molar-refractivity contribution in [2.75, 3.05) is 18.6 Å². The molecule has 0 saturated heterocycles. The van der Waals surface area contributed by atoms with Gasteiger partial charge in [-0.2, -0.15) is 0 Å². The zero-order valence-corrected chi connectivity index (χ0v) is 9.23. The topological polar surface area (TPSA) is 46.2 Å². The fourth-order valence-electron chi connectivity index (χ4n) is 1.15. The highest BCUT2D eigenvalue weighted by Gasteiger charge is 2.09. The van der Waals surface area contributed by atoms with Gasteiger partial charge in [-0.15, -0.1) is 6.58 Å². The second-order valence-electron chi connectivity index (χ2n) is 3.20. The van der Waals surface area contributed by atoms with E-state index in [4.69, 9.17) is 0 Å². The van der Waals surface area contributed by atoms with Crippen LogP contribution in [0.4, 0.5) is 0 Å². The van der Waals surface area contributed by atoms with Crippen molar-refractivity contribution in [3.05, 3.63) is 12.7 Å². The molecule has 0 bridgehead atoms. The standard InChI is InChI=1S/C9H19NO2S/c1-4-6-9(10-5-2)7-8-13(3,11)12/h4,9-10H,1,5-8H2,2-3H3. The number of hydrogen-bond donors (Lipinski definition) is 1. The first-order valence-electron chi connectivity index (χ1n) is 4.51. The predicted molar refractivity (Wildman–Crippen MR) is 56.6 cm³/mol.